The molecule has 1 atom stereocenters. The fourth-order valence-corrected chi connectivity index (χ4v) is 3.83. The summed E-state index contributed by atoms with van der Waals surface area (Å²) in [5.74, 6) is 1.89. The van der Waals surface area contributed by atoms with Gasteiger partial charge in [0.25, 0.3) is 5.91 Å². The molecule has 1 aliphatic heterocycles. The van der Waals surface area contributed by atoms with E-state index in [1.807, 2.05) is 69.3 Å². The van der Waals surface area contributed by atoms with E-state index in [9.17, 15) is 15.0 Å². The molecule has 1 aliphatic rings. The fourth-order valence-electron chi connectivity index (χ4n) is 3.83. The molecular weight excluding hydrogens is 406 g/mol. The van der Waals surface area contributed by atoms with Crippen LogP contribution in [0.15, 0.2) is 54.7 Å². The predicted octanol–water partition coefficient (Wildman–Crippen LogP) is 4.31. The summed E-state index contributed by atoms with van der Waals surface area (Å²) in [5, 5.41) is 22.7. The van der Waals surface area contributed by atoms with Gasteiger partial charge in [-0.15, -0.1) is 0 Å². The molecule has 7 nitrogen and oxygen atoms in total. The number of ether oxygens (including phenoxy) is 1. The molecule has 1 aromatic heterocycles. The van der Waals surface area contributed by atoms with Crippen LogP contribution in [0.25, 0.3) is 0 Å². The molecule has 0 saturated heterocycles. The van der Waals surface area contributed by atoms with E-state index in [0.717, 1.165) is 17.1 Å². The summed E-state index contributed by atoms with van der Waals surface area (Å²) in [7, 11) is 0. The molecule has 32 heavy (non-hydrogen) atoms. The molecule has 3 N–H and O–H groups in total. The number of aromatic nitrogens is 1. The summed E-state index contributed by atoms with van der Waals surface area (Å²) in [6, 6.07) is 15.6. The highest BCUT2D eigenvalue weighted by Crippen LogP contribution is 2.34. The molecule has 2 heterocycles. The lowest BCUT2D eigenvalue weighted by atomic mass is 10.0. The second kappa shape index (κ2) is 8.98. The Morgan fingerprint density at radius 3 is 2.31 bits per heavy atom. The number of nitrogens with zero attached hydrogens (tertiary/aromatic N) is 2. The Morgan fingerprint density at radius 2 is 1.72 bits per heavy atom. The van der Waals surface area contributed by atoms with Crippen molar-refractivity contribution in [2.24, 2.45) is 0 Å². The Kier molecular flexibility index (Phi) is 6.12. The number of aliphatic hydroxyl groups excluding tert-OH is 1. The zero-order chi connectivity index (χ0) is 22.8. The van der Waals surface area contributed by atoms with Crippen LogP contribution in [0.5, 0.6) is 11.5 Å². The van der Waals surface area contributed by atoms with Gasteiger partial charge in [-0.2, -0.15) is 0 Å². The van der Waals surface area contributed by atoms with Crippen molar-refractivity contribution in [1.29, 1.82) is 0 Å². The van der Waals surface area contributed by atoms with Gasteiger partial charge in [-0.05, 0) is 50.6 Å². The first-order valence-electron chi connectivity index (χ1n) is 10.7. The predicted molar refractivity (Wildman–Crippen MR) is 122 cm³/mol. The topological polar surface area (TPSA) is 94.9 Å². The van der Waals surface area contributed by atoms with Crippen molar-refractivity contribution in [3.05, 3.63) is 82.5 Å². The number of amides is 1. The maximum atomic E-state index is 12.7. The summed E-state index contributed by atoms with van der Waals surface area (Å²) >= 11 is 0. The van der Waals surface area contributed by atoms with Gasteiger partial charge in [0.2, 0.25) is 0 Å². The summed E-state index contributed by atoms with van der Waals surface area (Å²) in [4.78, 5) is 18.7. The van der Waals surface area contributed by atoms with Gasteiger partial charge in [-0.1, -0.05) is 29.8 Å². The van der Waals surface area contributed by atoms with Gasteiger partial charge in [0.05, 0.1) is 12.1 Å². The van der Waals surface area contributed by atoms with Crippen molar-refractivity contribution >= 4 is 11.7 Å². The van der Waals surface area contributed by atoms with Crippen LogP contribution >= 0.6 is 0 Å². The average Bonchev–Trinajstić information content (AvgIpc) is 3.13. The van der Waals surface area contributed by atoms with Gasteiger partial charge in [0.1, 0.15) is 17.3 Å². The van der Waals surface area contributed by atoms with Gasteiger partial charge < -0.3 is 25.2 Å². The number of aliphatic hydroxyl groups is 2. The Hall–Kier alpha value is -3.42. The van der Waals surface area contributed by atoms with Crippen molar-refractivity contribution in [2.45, 2.75) is 39.6 Å². The van der Waals surface area contributed by atoms with Gasteiger partial charge in [-0.3, -0.25) is 4.79 Å². The zero-order valence-electron chi connectivity index (χ0n) is 18.4. The second-order valence-electron chi connectivity index (χ2n) is 7.96. The quantitative estimate of drug-likeness (QED) is 0.481. The van der Waals surface area contributed by atoms with Crippen LogP contribution in [0, 0.1) is 6.92 Å². The molecule has 0 spiro atoms. The van der Waals surface area contributed by atoms with Gasteiger partial charge >= 0.3 is 0 Å². The molecule has 2 aromatic carbocycles. The lowest BCUT2D eigenvalue weighted by Gasteiger charge is -2.19. The van der Waals surface area contributed by atoms with Crippen molar-refractivity contribution < 1.29 is 19.7 Å². The van der Waals surface area contributed by atoms with Crippen LogP contribution in [0.2, 0.25) is 0 Å². The van der Waals surface area contributed by atoms with Crippen LogP contribution in [-0.4, -0.2) is 32.5 Å². The highest BCUT2D eigenvalue weighted by molar-refractivity contribution is 6.01. The van der Waals surface area contributed by atoms with Crippen LogP contribution in [0.1, 0.15) is 58.8 Å². The Labute approximate surface area is 187 Å². The number of fused-ring (bicyclic) bond motifs is 1. The molecule has 0 unspecified atom stereocenters. The largest absolute Gasteiger partial charge is 0.457 e. The molecule has 0 bridgehead atoms. The number of hydrogen-bond acceptors (Lipinski definition) is 6. The van der Waals surface area contributed by atoms with E-state index >= 15 is 0 Å². The molecule has 0 radical (unpaired) electrons. The van der Waals surface area contributed by atoms with Crippen LogP contribution in [0.3, 0.4) is 0 Å². The number of carbonyl (C=O) groups excluding carboxylic acids is 1. The molecule has 3 aromatic rings. The third-order valence-electron chi connectivity index (χ3n) is 5.71. The molecule has 1 amide bonds. The van der Waals surface area contributed by atoms with E-state index in [1.165, 1.54) is 11.8 Å². The molecule has 4 rings (SSSR count). The normalized spacial score (nSPS) is 13.9. The molecular formula is C25H27N3O4. The van der Waals surface area contributed by atoms with Crippen LogP contribution < -0.4 is 10.1 Å². The molecule has 166 valence electrons. The number of rotatable bonds is 7. The number of anilines is 1. The summed E-state index contributed by atoms with van der Waals surface area (Å²) in [6.45, 7) is 6.85. The average molecular weight is 434 g/mol. The smallest absolute Gasteiger partial charge is 0.255 e. The summed E-state index contributed by atoms with van der Waals surface area (Å²) < 4.78 is 5.90. The second-order valence-corrected chi connectivity index (χ2v) is 7.96. The third-order valence-corrected chi connectivity index (χ3v) is 5.71. The highest BCUT2D eigenvalue weighted by Gasteiger charge is 2.33. The van der Waals surface area contributed by atoms with Crippen molar-refractivity contribution in [3.8, 4) is 11.5 Å². The minimum absolute atomic E-state index is 0.0873. The van der Waals surface area contributed by atoms with Crippen LogP contribution in [0.4, 0.5) is 5.82 Å². The monoisotopic (exact) mass is 433 g/mol. The molecule has 0 saturated carbocycles. The minimum atomic E-state index is -1.75. The van der Waals surface area contributed by atoms with Crippen molar-refractivity contribution in [1.82, 2.24) is 9.88 Å². The van der Waals surface area contributed by atoms with Crippen molar-refractivity contribution in [3.63, 3.8) is 0 Å². The first-order valence-corrected chi connectivity index (χ1v) is 10.7. The first kappa shape index (κ1) is 21.8. The molecule has 7 heteroatoms. The number of benzene rings is 2. The van der Waals surface area contributed by atoms with Gasteiger partial charge in [0, 0.05) is 29.9 Å². The maximum Gasteiger partial charge on any atom is 0.255 e. The minimum Gasteiger partial charge on any atom is -0.457 e. The standard InChI is InChI=1S/C25H27N3O4/c1-4-28-14-21-22(24(28)29)20(25(30)31)13-26-23(21)27-16(3)17-7-11-19(12-8-17)32-18-9-5-15(2)6-10-18/h5-13,16,25,30-31H,4,14H2,1-3H3,(H,26,27)/t16-/m0/s1. The van der Waals surface area contributed by atoms with Gasteiger partial charge in [-0.25, -0.2) is 4.98 Å². The Bertz CT molecular complexity index is 1110. The van der Waals surface area contributed by atoms with E-state index in [0.29, 0.717) is 30.0 Å². The number of nitrogens with one attached hydrogen (secondary N) is 1. The van der Waals surface area contributed by atoms with Crippen molar-refractivity contribution in [2.75, 3.05) is 11.9 Å². The van der Waals surface area contributed by atoms with E-state index in [-0.39, 0.29) is 17.5 Å². The van der Waals surface area contributed by atoms with Crippen LogP contribution in [-0.2, 0) is 6.54 Å². The zero-order valence-corrected chi connectivity index (χ0v) is 18.4. The highest BCUT2D eigenvalue weighted by atomic mass is 16.5. The lowest BCUT2D eigenvalue weighted by molar-refractivity contribution is -0.0432. The number of pyridine rings is 1. The first-order chi connectivity index (χ1) is 15.4. The fraction of sp³-hybridized carbons (Fsp3) is 0.280. The number of hydrogen-bond donors (Lipinski definition) is 3. The summed E-state index contributed by atoms with van der Waals surface area (Å²) in [5.41, 5.74) is 3.36. The lowest BCUT2D eigenvalue weighted by Crippen LogP contribution is -2.23. The molecule has 0 fully saturated rings. The number of carbonyl (C=O) groups is 1. The van der Waals surface area contributed by atoms with E-state index < -0.39 is 6.29 Å². The third kappa shape index (κ3) is 4.30. The Balaban J connectivity index is 1.52. The van der Waals surface area contributed by atoms with E-state index in [4.69, 9.17) is 4.74 Å². The van der Waals surface area contributed by atoms with Gasteiger partial charge in [0.15, 0.2) is 6.29 Å². The summed E-state index contributed by atoms with van der Waals surface area (Å²) in [6.07, 6.45) is -0.391. The SMILES string of the molecule is CCN1Cc2c(N[C@@H](C)c3ccc(Oc4ccc(C)cc4)cc3)ncc(C(O)O)c2C1=O. The Morgan fingerprint density at radius 1 is 1.09 bits per heavy atom. The number of aryl methyl sites for hydroxylation is 1. The van der Waals surface area contributed by atoms with E-state index in [1.54, 1.807) is 4.90 Å². The molecule has 0 aliphatic carbocycles. The maximum absolute atomic E-state index is 12.7. The van der Waals surface area contributed by atoms with E-state index in [2.05, 4.69) is 10.3 Å².